The maximum atomic E-state index is 14.6. The Morgan fingerprint density at radius 3 is 0.929 bits per heavy atom. The first kappa shape index (κ1) is 121. The molecule has 0 spiro atoms. The summed E-state index contributed by atoms with van der Waals surface area (Å²) >= 11 is 0. The number of hydrogen-bond donors (Lipinski definition) is 10. The summed E-state index contributed by atoms with van der Waals surface area (Å²) in [5.74, 6) is -26.7. The first-order valence-corrected chi connectivity index (χ1v) is 46.2. The molecule has 4 rings (SSSR count). The number of ether oxygens (including phenoxy) is 16. The van der Waals surface area contributed by atoms with Crippen LogP contribution in [0.5, 0.6) is 5.75 Å². The molecular weight excluding hydrogens is 1880 g/mol. The summed E-state index contributed by atoms with van der Waals surface area (Å²) in [6, 6.07) is -4.51. The van der Waals surface area contributed by atoms with E-state index >= 15 is 0 Å². The highest BCUT2D eigenvalue weighted by Gasteiger charge is 2.54. The van der Waals surface area contributed by atoms with Crippen LogP contribution in [-0.2, 0) is 162 Å². The third-order valence-corrected chi connectivity index (χ3v) is 21.0. The number of amides is 9. The molecule has 1 aromatic rings. The van der Waals surface area contributed by atoms with E-state index < -0.39 is 261 Å². The van der Waals surface area contributed by atoms with E-state index in [1.807, 2.05) is 0 Å². The van der Waals surface area contributed by atoms with Gasteiger partial charge >= 0.3 is 59.7 Å². The summed E-state index contributed by atoms with van der Waals surface area (Å²) in [6.07, 6.45) is -11.7. The van der Waals surface area contributed by atoms with Crippen LogP contribution >= 0.6 is 0 Å². The molecule has 3 aliphatic rings. The highest BCUT2D eigenvalue weighted by atomic mass is 19.2. The predicted octanol–water partition coefficient (Wildman–Crippen LogP) is 1.06. The van der Waals surface area contributed by atoms with Gasteiger partial charge in [0, 0.05) is 174 Å². The molecule has 9 amide bonds. The molecule has 0 bridgehead atoms. The van der Waals surface area contributed by atoms with E-state index in [0.717, 1.165) is 55.4 Å². The van der Waals surface area contributed by atoms with Crippen LogP contribution in [0.4, 0.5) is 22.0 Å². The Morgan fingerprint density at radius 2 is 0.607 bits per heavy atom. The van der Waals surface area contributed by atoms with Gasteiger partial charge in [-0.15, -0.1) is 0 Å². The molecule has 140 heavy (non-hydrogen) atoms. The number of nitrogens with zero attached hydrogens (tertiary/aromatic N) is 1. The van der Waals surface area contributed by atoms with E-state index in [-0.39, 0.29) is 161 Å². The first-order valence-electron chi connectivity index (χ1n) is 46.2. The Hall–Kier alpha value is -11.5. The number of halogens is 5. The van der Waals surface area contributed by atoms with Gasteiger partial charge < -0.3 is 129 Å². The largest absolute Gasteiger partial charge is 0.463 e. The number of nitrogens with one attached hydrogen (secondary N) is 10. The Kier molecular flexibility index (Phi) is 56.5. The van der Waals surface area contributed by atoms with E-state index in [0.29, 0.717) is 57.8 Å². The minimum Gasteiger partial charge on any atom is -0.463 e. The Bertz CT molecular complexity index is 4110. The van der Waals surface area contributed by atoms with Gasteiger partial charge in [0.15, 0.2) is 55.5 Å². The molecule has 0 radical (unpaired) electrons. The highest BCUT2D eigenvalue weighted by Crippen LogP contribution is 2.34. The lowest BCUT2D eigenvalue weighted by Crippen LogP contribution is -2.66. The smallest absolute Gasteiger partial charge is 0.311 e. The van der Waals surface area contributed by atoms with Crippen molar-refractivity contribution in [2.75, 3.05) is 106 Å². The monoisotopic (exact) mass is 2010 g/mol. The number of esters is 10. The van der Waals surface area contributed by atoms with Crippen molar-refractivity contribution < 1.29 is 189 Å². The molecule has 3 heterocycles. The van der Waals surface area contributed by atoms with Crippen LogP contribution in [0.2, 0.25) is 0 Å². The van der Waals surface area contributed by atoms with Gasteiger partial charge in [0.2, 0.25) is 88.0 Å². The van der Waals surface area contributed by atoms with Crippen LogP contribution in [0.3, 0.4) is 0 Å². The zero-order valence-corrected chi connectivity index (χ0v) is 80.8. The number of benzene rings is 1. The minimum atomic E-state index is -2.48. The van der Waals surface area contributed by atoms with Crippen LogP contribution < -0.4 is 57.9 Å². The fourth-order valence-electron chi connectivity index (χ4n) is 14.8. The SMILES string of the molecule is CNC1C(OCCCCCC(=O)NCCCNC(=O)C(CCCCNC(=O)CCCC(=O)Oc2c(F)c(F)c(F)c(F)c2F)N(CC(=O)NCCCNC(=O)CCCCCOC2OC(COC(C)=O)C(OC(C)=O)C(OC(C)=O)C2NC(C)=O)CC(=O)NCCCNC(=O)CCCCCOC2OC(COC(C)=O)C(OC(C)=O)C(OC(C)=O)C2NC(C)=O)OC(COC(C)=O)C(OC(C)=O)C1OC(C)=O. The van der Waals surface area contributed by atoms with Crippen molar-refractivity contribution in [1.29, 1.82) is 0 Å². The molecule has 16 atom stereocenters. The molecule has 1 aromatic carbocycles. The van der Waals surface area contributed by atoms with Crippen LogP contribution in [0.25, 0.3) is 0 Å². The first-order chi connectivity index (χ1) is 66.4. The molecule has 51 heteroatoms. The van der Waals surface area contributed by atoms with Gasteiger partial charge in [0.25, 0.3) is 0 Å². The summed E-state index contributed by atoms with van der Waals surface area (Å²) in [5, 5.41) is 27.5. The average Bonchev–Trinajstić information content (AvgIpc) is 0.792. The Morgan fingerprint density at radius 1 is 0.314 bits per heavy atom. The highest BCUT2D eigenvalue weighted by molar-refractivity contribution is 5.86. The second-order valence-electron chi connectivity index (χ2n) is 32.9. The van der Waals surface area contributed by atoms with Crippen molar-refractivity contribution in [3.63, 3.8) is 0 Å². The normalized spacial score (nSPS) is 21.0. The third kappa shape index (κ3) is 46.7. The Labute approximate surface area is 806 Å². The maximum absolute atomic E-state index is 14.6. The van der Waals surface area contributed by atoms with Crippen molar-refractivity contribution in [1.82, 2.24) is 58.1 Å². The molecular formula is C89H134F5N11O35. The Balaban J connectivity index is 1.45. The lowest BCUT2D eigenvalue weighted by molar-refractivity contribution is -0.278. The third-order valence-electron chi connectivity index (χ3n) is 21.0. The van der Waals surface area contributed by atoms with E-state index in [1.165, 1.54) is 25.7 Å². The lowest BCUT2D eigenvalue weighted by atomic mass is 9.96. The summed E-state index contributed by atoms with van der Waals surface area (Å²) in [4.78, 5) is 242. The van der Waals surface area contributed by atoms with Crippen LogP contribution in [0.1, 0.15) is 211 Å². The van der Waals surface area contributed by atoms with Gasteiger partial charge in [-0.2, -0.15) is 8.78 Å². The summed E-state index contributed by atoms with van der Waals surface area (Å²) in [7, 11) is 1.55. The number of hydrogen-bond acceptors (Lipinski definition) is 37. The standard InChI is InChI=1S/C89H134F5N11O35/c1-49(106)103-77-84(135-58(10)115)80(132-55(7)112)62(47-129-52(4)109)138-88(77)126-42-22-14-17-29-64(117)97-35-25-38-100-68(121)44-105(45-69(122)101-39-26-36-98-65(118)30-18-15-23-43-127-89-78(104-50(2)107)85(136-59(11)116)81(133-56(8)113)63(139-89)48-130-53(5)110)60(28-19-20-34-96-67(120)32-24-33-70(123)140-82-74(93)72(91)71(90)73(92)75(82)94)86(124)102-40-27-37-99-66(119)31-16-13-21-41-125-87-76(95-12)83(134-57(9)114)79(131-54(6)111)61(137-87)46-128-51(3)108/h60-63,76-81,83-85,87-89,95H,13-48H2,1-12H3,(H,96,120)(H,97,117)(H,98,118)(H,99,119)(H,100,121)(H,101,122)(H,102,124)(H,103,106)(H,104,107). The fourth-order valence-corrected chi connectivity index (χ4v) is 14.8. The van der Waals surface area contributed by atoms with Gasteiger partial charge in [-0.1, -0.05) is 19.3 Å². The molecule has 3 fully saturated rings. The van der Waals surface area contributed by atoms with Crippen molar-refractivity contribution >= 4 is 113 Å². The van der Waals surface area contributed by atoms with Gasteiger partial charge in [0.1, 0.15) is 50.2 Å². The number of carbonyl (C=O) groups is 19. The van der Waals surface area contributed by atoms with Crippen LogP contribution in [0, 0.1) is 29.1 Å². The molecule has 790 valence electrons. The van der Waals surface area contributed by atoms with Crippen molar-refractivity contribution in [3.8, 4) is 5.75 Å². The molecule has 0 aliphatic carbocycles. The number of likely N-dealkylation sites (N-methyl/N-ethyl adjacent to an activating group) is 1. The zero-order chi connectivity index (χ0) is 104. The second kappa shape index (κ2) is 65.5. The quantitative estimate of drug-likeness (QED) is 0.00829. The van der Waals surface area contributed by atoms with Crippen molar-refractivity contribution in [2.24, 2.45) is 0 Å². The number of carbonyl (C=O) groups excluding carboxylic acids is 19. The number of unbranched alkanes of at least 4 members (excludes halogenated alkanes) is 7. The van der Waals surface area contributed by atoms with Crippen LogP contribution in [-0.4, -0.2) is 321 Å². The van der Waals surface area contributed by atoms with Crippen LogP contribution in [0.15, 0.2) is 0 Å². The van der Waals surface area contributed by atoms with Gasteiger partial charge in [-0.05, 0) is 90.5 Å². The molecule has 16 unspecified atom stereocenters. The summed E-state index contributed by atoms with van der Waals surface area (Å²) in [5.41, 5.74) is 0. The topological polar surface area (TPSA) is 596 Å². The predicted molar refractivity (Wildman–Crippen MR) is 470 cm³/mol. The number of rotatable bonds is 64. The molecule has 3 aliphatic heterocycles. The van der Waals surface area contributed by atoms with Crippen molar-refractivity contribution in [2.45, 2.75) is 309 Å². The van der Waals surface area contributed by atoms with Gasteiger partial charge in [-0.3, -0.25) is 96.0 Å². The fraction of sp³-hybridized carbons (Fsp3) is 0.719. The molecule has 10 N–H and O–H groups in total. The van der Waals surface area contributed by atoms with E-state index in [9.17, 15) is 113 Å². The molecule has 3 saturated heterocycles. The zero-order valence-electron chi connectivity index (χ0n) is 80.8. The maximum Gasteiger partial charge on any atom is 0.311 e. The van der Waals surface area contributed by atoms with Gasteiger partial charge in [-0.25, -0.2) is 13.2 Å². The van der Waals surface area contributed by atoms with E-state index in [1.54, 1.807) is 7.05 Å². The van der Waals surface area contributed by atoms with Gasteiger partial charge in [0.05, 0.1) is 25.2 Å². The molecule has 46 nitrogen and oxygen atoms in total. The summed E-state index contributed by atoms with van der Waals surface area (Å²) < 4.78 is 159. The van der Waals surface area contributed by atoms with Crippen molar-refractivity contribution in [3.05, 3.63) is 29.1 Å². The summed E-state index contributed by atoms with van der Waals surface area (Å²) in [6.45, 7) is 10.3. The van der Waals surface area contributed by atoms with E-state index in [2.05, 4.69) is 57.9 Å². The molecule has 0 saturated carbocycles. The minimum absolute atomic E-state index is 0.00785. The molecule has 0 aromatic heterocycles. The lowest BCUT2D eigenvalue weighted by Gasteiger charge is -2.44. The second-order valence-corrected chi connectivity index (χ2v) is 32.9. The average molecular weight is 2010 g/mol. The van der Waals surface area contributed by atoms with E-state index in [4.69, 9.17) is 71.1 Å².